The highest BCUT2D eigenvalue weighted by atomic mass is 16.5. The van der Waals surface area contributed by atoms with Crippen molar-refractivity contribution in [3.05, 3.63) is 114 Å². The minimum atomic E-state index is -0.115. The summed E-state index contributed by atoms with van der Waals surface area (Å²) in [5.74, 6) is 1.33. The van der Waals surface area contributed by atoms with Crippen molar-refractivity contribution in [2.24, 2.45) is 0 Å². The van der Waals surface area contributed by atoms with Gasteiger partial charge in [0, 0.05) is 24.6 Å². The van der Waals surface area contributed by atoms with E-state index in [1.165, 1.54) is 0 Å². The molecule has 0 aromatic heterocycles. The maximum absolute atomic E-state index is 10.0. The standard InChI is InChI=1S/C33H30N5O/c1-38(2,3)20-10-19-37-30-21-27(25-11-6-4-7-12-25)15-17-31(30)39-32(37)18-16-28(22-34)33(29(23-35)24-36)26-13-8-5-9-14-26/h4-9,11-18,21H,10,19-20H2,1-3H3/q+1/b28-16+,32-18-. The number of hydrogen-bond acceptors (Lipinski definition) is 5. The van der Waals surface area contributed by atoms with E-state index in [0.717, 1.165) is 46.6 Å². The molecule has 3 aromatic carbocycles. The third-order valence-corrected chi connectivity index (χ3v) is 6.37. The Bertz CT molecular complexity index is 1540. The van der Waals surface area contributed by atoms with Crippen LogP contribution in [0.15, 0.2) is 108 Å². The van der Waals surface area contributed by atoms with Crippen molar-refractivity contribution < 1.29 is 9.22 Å². The molecule has 0 spiro atoms. The monoisotopic (exact) mass is 512 g/mol. The highest BCUT2D eigenvalue weighted by Crippen LogP contribution is 2.42. The van der Waals surface area contributed by atoms with Crippen molar-refractivity contribution in [3.63, 3.8) is 0 Å². The van der Waals surface area contributed by atoms with Crippen LogP contribution in [0.25, 0.3) is 16.7 Å². The lowest BCUT2D eigenvalue weighted by Crippen LogP contribution is -2.37. The number of nitrogens with zero attached hydrogens (tertiary/aromatic N) is 5. The molecule has 0 atom stereocenters. The van der Waals surface area contributed by atoms with Crippen LogP contribution < -0.4 is 9.64 Å². The van der Waals surface area contributed by atoms with Crippen LogP contribution in [-0.2, 0) is 0 Å². The Balaban J connectivity index is 1.76. The molecule has 3 aromatic rings. The largest absolute Gasteiger partial charge is 0.439 e. The zero-order valence-corrected chi connectivity index (χ0v) is 22.4. The minimum Gasteiger partial charge on any atom is -0.439 e. The Labute approximate surface area is 230 Å². The topological polar surface area (TPSA) is 83.8 Å². The second-order valence-electron chi connectivity index (χ2n) is 10.2. The smallest absolute Gasteiger partial charge is 0.200 e. The van der Waals surface area contributed by atoms with Gasteiger partial charge in [-0.2, -0.15) is 15.8 Å². The summed E-state index contributed by atoms with van der Waals surface area (Å²) in [6.07, 6.45) is 4.31. The molecular formula is C33H30N5O+. The van der Waals surface area contributed by atoms with Gasteiger partial charge in [-0.15, -0.1) is 0 Å². The highest BCUT2D eigenvalue weighted by molar-refractivity contribution is 5.89. The number of ether oxygens (including phenoxy) is 1. The first kappa shape index (κ1) is 27.0. The van der Waals surface area contributed by atoms with Crippen LogP contribution in [0.3, 0.4) is 0 Å². The lowest BCUT2D eigenvalue weighted by Gasteiger charge is -2.26. The number of benzene rings is 3. The molecule has 0 N–H and O–H groups in total. The van der Waals surface area contributed by atoms with Crippen LogP contribution in [0.1, 0.15) is 12.0 Å². The Morgan fingerprint density at radius 3 is 2.13 bits per heavy atom. The summed E-state index contributed by atoms with van der Waals surface area (Å²) < 4.78 is 7.12. The number of rotatable bonds is 8. The number of hydrogen-bond donors (Lipinski definition) is 0. The first-order valence-corrected chi connectivity index (χ1v) is 12.7. The van der Waals surface area contributed by atoms with E-state index in [9.17, 15) is 15.8 Å². The Hall–Kier alpha value is -5.09. The van der Waals surface area contributed by atoms with Gasteiger partial charge < -0.3 is 14.1 Å². The summed E-state index contributed by atoms with van der Waals surface area (Å²) in [6.45, 7) is 1.71. The fourth-order valence-electron chi connectivity index (χ4n) is 4.48. The molecule has 4 rings (SSSR count). The van der Waals surface area contributed by atoms with Crippen LogP contribution in [0, 0.1) is 34.0 Å². The maximum atomic E-state index is 10.0. The molecule has 0 saturated heterocycles. The summed E-state index contributed by atoms with van der Waals surface area (Å²) in [4.78, 5) is 2.13. The maximum Gasteiger partial charge on any atom is 0.200 e. The van der Waals surface area contributed by atoms with Crippen molar-refractivity contribution in [1.29, 1.82) is 15.8 Å². The van der Waals surface area contributed by atoms with Crippen molar-refractivity contribution in [1.82, 2.24) is 0 Å². The molecule has 0 saturated carbocycles. The molecule has 0 bridgehead atoms. The van der Waals surface area contributed by atoms with Gasteiger partial charge in [0.1, 0.15) is 17.7 Å². The molecule has 0 unspecified atom stereocenters. The second-order valence-corrected chi connectivity index (χ2v) is 10.2. The fraction of sp³-hybridized carbons (Fsp3) is 0.182. The Morgan fingerprint density at radius 1 is 0.846 bits per heavy atom. The predicted molar refractivity (Wildman–Crippen MR) is 154 cm³/mol. The van der Waals surface area contributed by atoms with Crippen molar-refractivity contribution in [2.45, 2.75) is 6.42 Å². The zero-order valence-electron chi connectivity index (χ0n) is 22.4. The predicted octanol–water partition coefficient (Wildman–Crippen LogP) is 6.44. The number of fused-ring (bicyclic) bond motifs is 1. The van der Waals surface area contributed by atoms with Gasteiger partial charge >= 0.3 is 0 Å². The molecule has 6 heteroatoms. The first-order chi connectivity index (χ1) is 18.8. The van der Waals surface area contributed by atoms with E-state index in [1.54, 1.807) is 24.3 Å². The van der Waals surface area contributed by atoms with Crippen molar-refractivity contribution in [3.8, 4) is 35.1 Å². The van der Waals surface area contributed by atoms with Crippen LogP contribution in [-0.4, -0.2) is 38.7 Å². The molecular weight excluding hydrogens is 482 g/mol. The second kappa shape index (κ2) is 12.0. The molecule has 6 nitrogen and oxygen atoms in total. The van der Waals surface area contributed by atoms with E-state index in [-0.39, 0.29) is 11.1 Å². The number of quaternary nitrogens is 1. The minimum absolute atomic E-state index is 0.115. The molecule has 1 heterocycles. The Kier molecular flexibility index (Phi) is 8.27. The van der Waals surface area contributed by atoms with Gasteiger partial charge in [0.25, 0.3) is 0 Å². The summed E-state index contributed by atoms with van der Waals surface area (Å²) in [6, 6.07) is 31.4. The van der Waals surface area contributed by atoms with E-state index in [4.69, 9.17) is 4.74 Å². The van der Waals surface area contributed by atoms with Crippen molar-refractivity contribution in [2.75, 3.05) is 39.1 Å². The third-order valence-electron chi connectivity index (χ3n) is 6.37. The summed E-state index contributed by atoms with van der Waals surface area (Å²) in [5, 5.41) is 29.3. The average Bonchev–Trinajstić information content (AvgIpc) is 3.29. The fourth-order valence-corrected chi connectivity index (χ4v) is 4.48. The van der Waals surface area contributed by atoms with E-state index >= 15 is 0 Å². The van der Waals surface area contributed by atoms with Crippen LogP contribution in [0.4, 0.5) is 5.69 Å². The van der Waals surface area contributed by atoms with Crippen molar-refractivity contribution >= 4 is 11.3 Å². The van der Waals surface area contributed by atoms with Gasteiger partial charge in [-0.05, 0) is 34.9 Å². The molecule has 39 heavy (non-hydrogen) atoms. The van der Waals surface area contributed by atoms with Gasteiger partial charge in [0.05, 0.1) is 45.0 Å². The lowest BCUT2D eigenvalue weighted by atomic mass is 9.94. The first-order valence-electron chi connectivity index (χ1n) is 12.7. The van der Waals surface area contributed by atoms with E-state index < -0.39 is 0 Å². The zero-order chi connectivity index (χ0) is 27.8. The molecule has 1 aliphatic rings. The highest BCUT2D eigenvalue weighted by Gasteiger charge is 2.27. The quantitative estimate of drug-likeness (QED) is 0.197. The van der Waals surface area contributed by atoms with Crippen LogP contribution >= 0.6 is 0 Å². The third kappa shape index (κ3) is 6.43. The van der Waals surface area contributed by atoms with Crippen LogP contribution in [0.2, 0.25) is 0 Å². The van der Waals surface area contributed by atoms with Gasteiger partial charge in [-0.25, -0.2) is 0 Å². The van der Waals surface area contributed by atoms with Gasteiger partial charge in [0.15, 0.2) is 5.75 Å². The van der Waals surface area contributed by atoms with Gasteiger partial charge in [-0.1, -0.05) is 66.7 Å². The van der Waals surface area contributed by atoms with E-state index in [2.05, 4.69) is 50.3 Å². The van der Waals surface area contributed by atoms with E-state index in [0.29, 0.717) is 17.0 Å². The van der Waals surface area contributed by atoms with Crippen LogP contribution in [0.5, 0.6) is 5.75 Å². The molecule has 1 aliphatic heterocycles. The molecule has 192 valence electrons. The molecule has 0 aliphatic carbocycles. The number of nitriles is 3. The van der Waals surface area contributed by atoms with E-state index in [1.807, 2.05) is 60.7 Å². The molecule has 0 amide bonds. The van der Waals surface area contributed by atoms with Gasteiger partial charge in [-0.3, -0.25) is 0 Å². The summed E-state index contributed by atoms with van der Waals surface area (Å²) >= 11 is 0. The lowest BCUT2D eigenvalue weighted by molar-refractivity contribution is -0.870. The number of allylic oxidation sites excluding steroid dienone is 5. The summed E-state index contributed by atoms with van der Waals surface area (Å²) in [7, 11) is 6.50. The summed E-state index contributed by atoms with van der Waals surface area (Å²) in [5.41, 5.74) is 4.20. The number of anilines is 1. The SMILES string of the molecule is C[N+](C)(C)CCCN1/C(=C/C=C(\C#N)C(=C(C#N)C#N)c2ccccc2)Oc2ccc(-c3ccccc3)cc21. The normalized spacial score (nSPS) is 13.6. The van der Waals surface area contributed by atoms with Gasteiger partial charge in [0.2, 0.25) is 5.88 Å². The Morgan fingerprint density at radius 2 is 1.51 bits per heavy atom. The molecule has 0 fully saturated rings. The average molecular weight is 513 g/mol. The molecule has 0 radical (unpaired) electrons.